The van der Waals surface area contributed by atoms with Gasteiger partial charge in [-0.05, 0) is 38.7 Å². The van der Waals surface area contributed by atoms with E-state index in [1.54, 1.807) is 15.7 Å². The van der Waals surface area contributed by atoms with Crippen LogP contribution in [0.2, 0.25) is 0 Å². The Morgan fingerprint density at radius 3 is 2.61 bits per heavy atom. The lowest BCUT2D eigenvalue weighted by atomic mass is 10.0. The van der Waals surface area contributed by atoms with Crippen molar-refractivity contribution in [2.24, 2.45) is 5.92 Å². The second-order valence-electron chi connectivity index (χ2n) is 6.67. The smallest absolute Gasteiger partial charge is 0.282 e. The highest BCUT2D eigenvalue weighted by molar-refractivity contribution is 7.86. The SMILES string of the molecule is COCC1CCCN(S(=O)(=O)N2CC(n3nc(C)cc3C)C2)C1. The summed E-state index contributed by atoms with van der Waals surface area (Å²) in [5.41, 5.74) is 2.06. The summed E-state index contributed by atoms with van der Waals surface area (Å²) in [6.07, 6.45) is 1.94. The Hall–Kier alpha value is -0.960. The molecule has 7 nitrogen and oxygen atoms in total. The minimum Gasteiger partial charge on any atom is -0.384 e. The maximum Gasteiger partial charge on any atom is 0.282 e. The van der Waals surface area contributed by atoms with Gasteiger partial charge in [-0.1, -0.05) is 0 Å². The van der Waals surface area contributed by atoms with Crippen molar-refractivity contribution in [1.82, 2.24) is 18.4 Å². The van der Waals surface area contributed by atoms with Crippen molar-refractivity contribution in [3.05, 3.63) is 17.5 Å². The molecule has 3 heterocycles. The van der Waals surface area contributed by atoms with Crippen molar-refractivity contribution < 1.29 is 13.2 Å². The van der Waals surface area contributed by atoms with Gasteiger partial charge in [0.2, 0.25) is 0 Å². The normalized spacial score (nSPS) is 24.7. The number of rotatable bonds is 5. The van der Waals surface area contributed by atoms with E-state index in [2.05, 4.69) is 5.10 Å². The number of nitrogens with zero attached hydrogens (tertiary/aromatic N) is 4. The van der Waals surface area contributed by atoms with Crippen LogP contribution in [0.5, 0.6) is 0 Å². The lowest BCUT2D eigenvalue weighted by Gasteiger charge is -2.42. The predicted molar refractivity (Wildman–Crippen MR) is 87.4 cm³/mol. The van der Waals surface area contributed by atoms with Crippen LogP contribution in [0.1, 0.15) is 30.3 Å². The Morgan fingerprint density at radius 1 is 1.26 bits per heavy atom. The average Bonchev–Trinajstić information content (AvgIpc) is 2.76. The molecule has 0 amide bonds. The fourth-order valence-electron chi connectivity index (χ4n) is 3.55. The Kier molecular flexibility index (Phi) is 4.78. The van der Waals surface area contributed by atoms with Crippen LogP contribution in [0, 0.1) is 19.8 Å². The van der Waals surface area contributed by atoms with Crippen molar-refractivity contribution in [1.29, 1.82) is 0 Å². The van der Waals surface area contributed by atoms with Crippen molar-refractivity contribution in [3.8, 4) is 0 Å². The number of aromatic nitrogens is 2. The number of hydrogen-bond donors (Lipinski definition) is 0. The van der Waals surface area contributed by atoms with Crippen molar-refractivity contribution in [3.63, 3.8) is 0 Å². The summed E-state index contributed by atoms with van der Waals surface area (Å²) < 4.78 is 35.9. The molecule has 1 aromatic rings. The first kappa shape index (κ1) is 16.9. The monoisotopic (exact) mass is 342 g/mol. The summed E-state index contributed by atoms with van der Waals surface area (Å²) in [5.74, 6) is 0.302. The Labute approximate surface area is 138 Å². The standard InChI is InChI=1S/C15H26N4O3S/c1-12-7-13(2)19(16-12)15-9-18(10-15)23(20,21)17-6-4-5-14(8-17)11-22-3/h7,14-15H,4-6,8-11H2,1-3H3. The molecule has 0 N–H and O–H groups in total. The summed E-state index contributed by atoms with van der Waals surface area (Å²) in [6, 6.07) is 2.18. The quantitative estimate of drug-likeness (QED) is 0.799. The summed E-state index contributed by atoms with van der Waals surface area (Å²) in [4.78, 5) is 0. The molecule has 2 fully saturated rings. The van der Waals surface area contributed by atoms with Gasteiger partial charge >= 0.3 is 0 Å². The highest BCUT2D eigenvalue weighted by Crippen LogP contribution is 2.29. The van der Waals surface area contributed by atoms with Gasteiger partial charge in [-0.25, -0.2) is 0 Å². The minimum absolute atomic E-state index is 0.151. The second-order valence-corrected chi connectivity index (χ2v) is 8.60. The predicted octanol–water partition coefficient (Wildman–Crippen LogP) is 0.960. The highest BCUT2D eigenvalue weighted by atomic mass is 32.2. The van der Waals surface area contributed by atoms with E-state index in [0.29, 0.717) is 38.7 Å². The molecule has 0 saturated carbocycles. The highest BCUT2D eigenvalue weighted by Gasteiger charge is 2.42. The van der Waals surface area contributed by atoms with Gasteiger partial charge in [-0.15, -0.1) is 0 Å². The fourth-order valence-corrected chi connectivity index (χ4v) is 5.35. The van der Waals surface area contributed by atoms with Gasteiger partial charge in [0.05, 0.1) is 18.3 Å². The van der Waals surface area contributed by atoms with E-state index >= 15 is 0 Å². The van der Waals surface area contributed by atoms with Gasteiger partial charge in [-0.3, -0.25) is 4.68 Å². The van der Waals surface area contributed by atoms with Gasteiger partial charge in [0.25, 0.3) is 10.2 Å². The largest absolute Gasteiger partial charge is 0.384 e. The van der Waals surface area contributed by atoms with Gasteiger partial charge in [0.1, 0.15) is 0 Å². The van der Waals surface area contributed by atoms with E-state index in [-0.39, 0.29) is 6.04 Å². The minimum atomic E-state index is -3.35. The third kappa shape index (κ3) is 3.31. The van der Waals surface area contributed by atoms with Crippen molar-refractivity contribution in [2.45, 2.75) is 32.7 Å². The average molecular weight is 342 g/mol. The summed E-state index contributed by atoms with van der Waals surface area (Å²) in [7, 11) is -1.68. The molecule has 3 rings (SSSR count). The maximum absolute atomic E-state index is 12.8. The molecule has 23 heavy (non-hydrogen) atoms. The molecule has 2 aliphatic heterocycles. The van der Waals surface area contributed by atoms with Gasteiger partial charge in [-0.2, -0.15) is 22.1 Å². The van der Waals surface area contributed by atoms with Crippen LogP contribution >= 0.6 is 0 Å². The molecule has 1 unspecified atom stereocenters. The van der Waals surface area contributed by atoms with Crippen LogP contribution in [-0.2, 0) is 14.9 Å². The lowest BCUT2D eigenvalue weighted by molar-refractivity contribution is 0.111. The van der Waals surface area contributed by atoms with Crippen molar-refractivity contribution in [2.75, 3.05) is 39.9 Å². The topological polar surface area (TPSA) is 67.7 Å². The summed E-state index contributed by atoms with van der Waals surface area (Å²) >= 11 is 0. The molecule has 0 spiro atoms. The lowest BCUT2D eigenvalue weighted by Crippen LogP contribution is -2.57. The van der Waals surface area contributed by atoms with Crippen LogP contribution < -0.4 is 0 Å². The Morgan fingerprint density at radius 2 is 2.00 bits per heavy atom. The fraction of sp³-hybridized carbons (Fsp3) is 0.800. The van der Waals surface area contributed by atoms with Crippen LogP contribution in [0.3, 0.4) is 0 Å². The van der Waals surface area contributed by atoms with Crippen molar-refractivity contribution >= 4 is 10.2 Å². The zero-order chi connectivity index (χ0) is 16.6. The molecule has 0 bridgehead atoms. The van der Waals surface area contributed by atoms with Gasteiger partial charge < -0.3 is 4.74 Å². The number of piperidine rings is 1. The van der Waals surface area contributed by atoms with E-state index in [4.69, 9.17) is 4.74 Å². The first-order valence-electron chi connectivity index (χ1n) is 8.18. The van der Waals surface area contributed by atoms with E-state index in [1.165, 1.54) is 0 Å². The van der Waals surface area contributed by atoms with E-state index in [1.807, 2.05) is 24.6 Å². The molecule has 1 atom stereocenters. The van der Waals surface area contributed by atoms with E-state index < -0.39 is 10.2 Å². The summed E-state index contributed by atoms with van der Waals surface area (Å²) in [5, 5.41) is 4.46. The molecule has 2 aliphatic rings. The van der Waals surface area contributed by atoms with Crippen LogP contribution in [-0.4, -0.2) is 66.7 Å². The Bertz CT molecular complexity index is 650. The Balaban J connectivity index is 1.62. The molecule has 1 aromatic heterocycles. The third-order valence-electron chi connectivity index (χ3n) is 4.76. The van der Waals surface area contributed by atoms with Gasteiger partial charge in [0.15, 0.2) is 0 Å². The molecule has 8 heteroatoms. The maximum atomic E-state index is 12.8. The van der Waals surface area contributed by atoms with E-state index in [0.717, 1.165) is 24.2 Å². The number of aryl methyl sites for hydroxylation is 2. The first-order chi connectivity index (χ1) is 10.9. The molecule has 0 radical (unpaired) electrons. The molecular formula is C15H26N4O3S. The molecule has 2 saturated heterocycles. The summed E-state index contributed by atoms with van der Waals surface area (Å²) in [6.45, 7) is 6.80. The van der Waals surface area contributed by atoms with Crippen LogP contribution in [0.25, 0.3) is 0 Å². The van der Waals surface area contributed by atoms with Crippen LogP contribution in [0.15, 0.2) is 6.07 Å². The number of methoxy groups -OCH3 is 1. The second kappa shape index (κ2) is 6.51. The first-order valence-corrected chi connectivity index (χ1v) is 9.58. The zero-order valence-electron chi connectivity index (χ0n) is 14.1. The van der Waals surface area contributed by atoms with Crippen LogP contribution in [0.4, 0.5) is 0 Å². The van der Waals surface area contributed by atoms with E-state index in [9.17, 15) is 8.42 Å². The third-order valence-corrected chi connectivity index (χ3v) is 6.69. The van der Waals surface area contributed by atoms with Gasteiger partial charge in [0, 0.05) is 39.0 Å². The molecule has 130 valence electrons. The molecule has 0 aromatic carbocycles. The molecular weight excluding hydrogens is 316 g/mol. The zero-order valence-corrected chi connectivity index (χ0v) is 14.9. The molecule has 0 aliphatic carbocycles. The number of hydrogen-bond acceptors (Lipinski definition) is 4. The number of ether oxygens (including phenoxy) is 1.